The van der Waals surface area contributed by atoms with Crippen LogP contribution in [0.15, 0.2) is 41.4 Å². The van der Waals surface area contributed by atoms with E-state index in [1.807, 2.05) is 0 Å². The maximum atomic E-state index is 11.5. The van der Waals surface area contributed by atoms with E-state index >= 15 is 0 Å². The molecular formula is C18H17N5O7. The Hall–Kier alpha value is -4.22. The maximum absolute atomic E-state index is 11.5. The monoisotopic (exact) mass is 415 g/mol. The third kappa shape index (κ3) is 3.45. The van der Waals surface area contributed by atoms with Crippen LogP contribution in [0.5, 0.6) is 23.0 Å². The molecule has 2 aromatic carbocycles. The summed E-state index contributed by atoms with van der Waals surface area (Å²) >= 11 is 0. The summed E-state index contributed by atoms with van der Waals surface area (Å²) in [4.78, 5) is 16.4. The summed E-state index contributed by atoms with van der Waals surface area (Å²) < 4.78 is 21.3. The average Bonchev–Trinajstić information content (AvgIpc) is 3.09. The number of hydrogen-bond donors (Lipinski definition) is 1. The molecule has 0 amide bonds. The smallest absolute Gasteiger partial charge is 0.438 e. The van der Waals surface area contributed by atoms with Gasteiger partial charge in [-0.3, -0.25) is 0 Å². The van der Waals surface area contributed by atoms with Crippen LogP contribution < -0.4 is 24.4 Å². The summed E-state index contributed by atoms with van der Waals surface area (Å²) in [6.07, 6.45) is 0. The van der Waals surface area contributed by atoms with Crippen LogP contribution in [-0.4, -0.2) is 52.3 Å². The van der Waals surface area contributed by atoms with E-state index in [0.717, 1.165) is 4.80 Å². The molecule has 12 nitrogen and oxygen atoms in total. The van der Waals surface area contributed by atoms with Crippen molar-refractivity contribution in [2.45, 2.75) is 0 Å². The highest BCUT2D eigenvalue weighted by Gasteiger charge is 2.25. The second-order valence-corrected chi connectivity index (χ2v) is 6.09. The molecular weight excluding hydrogens is 398 g/mol. The number of hydrogen-bond acceptors (Lipinski definition) is 9. The predicted octanol–water partition coefficient (Wildman–Crippen LogP) is 1.84. The molecule has 1 aliphatic rings. The van der Waals surface area contributed by atoms with Gasteiger partial charge in [-0.15, -0.1) is 0 Å². The maximum Gasteiger partial charge on any atom is 0.438 e. The molecule has 0 atom stereocenters. The summed E-state index contributed by atoms with van der Waals surface area (Å²) in [5.74, 6) is 1.19. The van der Waals surface area contributed by atoms with Gasteiger partial charge in [0.15, 0.2) is 11.5 Å². The minimum Gasteiger partial charge on any atom is -0.497 e. The summed E-state index contributed by atoms with van der Waals surface area (Å²) in [5.41, 5.74) is 0.193. The van der Waals surface area contributed by atoms with Crippen LogP contribution in [0.25, 0.3) is 5.69 Å². The first kappa shape index (κ1) is 19.1. The molecule has 3 aromatic rings. The van der Waals surface area contributed by atoms with Gasteiger partial charge in [0.25, 0.3) is 5.49 Å². The van der Waals surface area contributed by atoms with Crippen molar-refractivity contribution in [3.8, 4) is 28.7 Å². The van der Waals surface area contributed by atoms with Crippen LogP contribution in [0.2, 0.25) is 0 Å². The van der Waals surface area contributed by atoms with E-state index in [9.17, 15) is 15.3 Å². The van der Waals surface area contributed by atoms with E-state index < -0.39 is 10.7 Å². The normalized spacial score (nSPS) is 13.2. The zero-order valence-electron chi connectivity index (χ0n) is 16.0. The van der Waals surface area contributed by atoms with Crippen molar-refractivity contribution in [1.82, 2.24) is 14.7 Å². The molecule has 1 aliphatic heterocycles. The molecule has 0 fully saturated rings. The topological polar surface area (TPSA) is 135 Å². The first-order chi connectivity index (χ1) is 14.5. The van der Waals surface area contributed by atoms with Crippen molar-refractivity contribution in [3.05, 3.63) is 52.0 Å². The summed E-state index contributed by atoms with van der Waals surface area (Å²) in [6.45, 7) is 0.791. The van der Waals surface area contributed by atoms with Crippen LogP contribution in [0.3, 0.4) is 0 Å². The predicted molar refractivity (Wildman–Crippen MR) is 101 cm³/mol. The zero-order valence-corrected chi connectivity index (χ0v) is 16.0. The summed E-state index contributed by atoms with van der Waals surface area (Å²) in [7, 11) is 2.93. The van der Waals surface area contributed by atoms with Gasteiger partial charge >= 0.3 is 5.82 Å². The van der Waals surface area contributed by atoms with Gasteiger partial charge in [-0.05, 0) is 21.9 Å². The number of rotatable bonds is 5. The molecule has 0 saturated carbocycles. The van der Waals surface area contributed by atoms with Gasteiger partial charge in [-0.25, -0.2) is 4.99 Å². The van der Waals surface area contributed by atoms with Crippen LogP contribution >= 0.6 is 0 Å². The van der Waals surface area contributed by atoms with Gasteiger partial charge < -0.3 is 34.3 Å². The lowest BCUT2D eigenvalue weighted by molar-refractivity contribution is -0.391. The molecule has 0 saturated heterocycles. The fourth-order valence-corrected chi connectivity index (χ4v) is 2.87. The molecule has 12 heteroatoms. The molecule has 1 aromatic heterocycles. The second kappa shape index (κ2) is 7.66. The van der Waals surface area contributed by atoms with Crippen LogP contribution in [0.1, 0.15) is 0 Å². The molecule has 4 rings (SSSR count). The third-order valence-electron chi connectivity index (χ3n) is 4.26. The van der Waals surface area contributed by atoms with Crippen molar-refractivity contribution in [3.63, 3.8) is 0 Å². The van der Waals surface area contributed by atoms with E-state index in [2.05, 4.69) is 10.1 Å². The fraction of sp³-hybridized carbons (Fsp3) is 0.222. The van der Waals surface area contributed by atoms with Gasteiger partial charge in [0.2, 0.25) is 0 Å². The van der Waals surface area contributed by atoms with Crippen molar-refractivity contribution < 1.29 is 29.1 Å². The standard InChI is InChI=1S/C18H17N5O7/c1-27-13-7-11(8-14(10-13)28-2)19-17-18(23(25)26)20-21(22(17)24)12-3-4-15-16(9-12)30-6-5-29-15/h3-4,7-10,24H,5-6H2,1-2H3. The Morgan fingerprint density at radius 1 is 1.10 bits per heavy atom. The van der Waals surface area contributed by atoms with Gasteiger partial charge in [0.1, 0.15) is 30.4 Å². The first-order valence-electron chi connectivity index (χ1n) is 8.74. The first-order valence-corrected chi connectivity index (χ1v) is 8.74. The fourth-order valence-electron chi connectivity index (χ4n) is 2.87. The van der Waals surface area contributed by atoms with E-state index in [1.54, 1.807) is 24.3 Å². The lowest BCUT2D eigenvalue weighted by Crippen LogP contribution is -2.22. The Morgan fingerprint density at radius 2 is 1.77 bits per heavy atom. The van der Waals surface area contributed by atoms with Gasteiger partial charge in [0.05, 0.1) is 25.0 Å². The molecule has 30 heavy (non-hydrogen) atoms. The largest absolute Gasteiger partial charge is 0.497 e. The van der Waals surface area contributed by atoms with Gasteiger partial charge in [0, 0.05) is 24.3 Å². The van der Waals surface area contributed by atoms with Crippen LogP contribution in [-0.2, 0) is 0 Å². The molecule has 0 spiro atoms. The highest BCUT2D eigenvalue weighted by Crippen LogP contribution is 2.32. The number of nitro groups is 1. The number of aromatic nitrogens is 3. The van der Waals surface area contributed by atoms with E-state index in [1.165, 1.54) is 26.4 Å². The number of fused-ring (bicyclic) bond motifs is 1. The SMILES string of the molecule is COc1cc(N=c2c([N+](=O)[O-])nn(-c3ccc4c(c3)OCCO4)n2O)cc(OC)c1. The molecule has 0 aliphatic carbocycles. The second-order valence-electron chi connectivity index (χ2n) is 6.09. The minimum atomic E-state index is -0.739. The van der Waals surface area contributed by atoms with Crippen LogP contribution in [0, 0.1) is 10.1 Å². The number of ether oxygens (including phenoxy) is 4. The molecule has 0 unspecified atom stereocenters. The minimum absolute atomic E-state index is 0.263. The number of methoxy groups -OCH3 is 2. The molecule has 2 heterocycles. The van der Waals surface area contributed by atoms with Crippen molar-refractivity contribution in [1.29, 1.82) is 0 Å². The lowest BCUT2D eigenvalue weighted by Gasteiger charge is -2.18. The average molecular weight is 415 g/mol. The lowest BCUT2D eigenvalue weighted by atomic mass is 10.2. The Bertz CT molecular complexity index is 1160. The molecule has 0 bridgehead atoms. The Labute approximate surface area is 169 Å². The quantitative estimate of drug-likeness (QED) is 0.379. The van der Waals surface area contributed by atoms with E-state index in [4.69, 9.17) is 18.9 Å². The van der Waals surface area contributed by atoms with Crippen LogP contribution in [0.4, 0.5) is 11.5 Å². The molecule has 1 N–H and O–H groups in total. The highest BCUT2D eigenvalue weighted by atomic mass is 16.6. The summed E-state index contributed by atoms with van der Waals surface area (Å²) in [6, 6.07) is 9.45. The third-order valence-corrected chi connectivity index (χ3v) is 4.26. The van der Waals surface area contributed by atoms with E-state index in [-0.39, 0.29) is 11.2 Å². The molecule has 156 valence electrons. The van der Waals surface area contributed by atoms with E-state index in [0.29, 0.717) is 46.7 Å². The van der Waals surface area contributed by atoms with Crippen molar-refractivity contribution in [2.75, 3.05) is 27.4 Å². The Balaban J connectivity index is 1.87. The highest BCUT2D eigenvalue weighted by molar-refractivity contribution is 5.51. The van der Waals surface area contributed by atoms with Gasteiger partial charge in [-0.2, -0.15) is 0 Å². The number of benzene rings is 2. The van der Waals surface area contributed by atoms with Gasteiger partial charge in [-0.1, -0.05) is 4.85 Å². The summed E-state index contributed by atoms with van der Waals surface area (Å²) in [5, 5.41) is 26.0. The Morgan fingerprint density at radius 3 is 2.40 bits per heavy atom. The zero-order chi connectivity index (χ0) is 21.3. The van der Waals surface area contributed by atoms with Crippen molar-refractivity contribution >= 4 is 11.5 Å². The van der Waals surface area contributed by atoms with Crippen molar-refractivity contribution in [2.24, 2.45) is 4.99 Å². The molecule has 0 radical (unpaired) electrons. The Kier molecular flexibility index (Phi) is 4.88. The number of nitrogens with zero attached hydrogens (tertiary/aromatic N) is 5.